The van der Waals surface area contributed by atoms with Gasteiger partial charge in [0.2, 0.25) is 5.91 Å². The van der Waals surface area contributed by atoms with E-state index in [4.69, 9.17) is 9.84 Å². The monoisotopic (exact) mass is 254 g/mol. The molecule has 0 aliphatic carbocycles. The summed E-state index contributed by atoms with van der Waals surface area (Å²) in [6.07, 6.45) is 3.42. The second-order valence-electron chi connectivity index (χ2n) is 4.07. The SMILES string of the molecule is O=C(CCn1ccnn1)NC1COCC1C(=O)O. The van der Waals surface area contributed by atoms with Crippen LogP contribution in [-0.2, 0) is 20.9 Å². The topological polar surface area (TPSA) is 106 Å². The summed E-state index contributed by atoms with van der Waals surface area (Å²) in [7, 11) is 0. The average molecular weight is 254 g/mol. The van der Waals surface area contributed by atoms with Crippen molar-refractivity contribution in [1.29, 1.82) is 0 Å². The van der Waals surface area contributed by atoms with E-state index >= 15 is 0 Å². The van der Waals surface area contributed by atoms with E-state index in [0.29, 0.717) is 6.54 Å². The Morgan fingerprint density at radius 1 is 1.50 bits per heavy atom. The minimum absolute atomic E-state index is 0.142. The lowest BCUT2D eigenvalue weighted by atomic mass is 10.0. The molecule has 1 aromatic heterocycles. The molecule has 8 nitrogen and oxygen atoms in total. The Morgan fingerprint density at radius 3 is 3.00 bits per heavy atom. The third kappa shape index (κ3) is 3.04. The van der Waals surface area contributed by atoms with Crippen LogP contribution in [0.1, 0.15) is 6.42 Å². The average Bonchev–Trinajstić information content (AvgIpc) is 2.96. The molecule has 98 valence electrons. The fourth-order valence-corrected chi connectivity index (χ4v) is 1.79. The normalized spacial score (nSPS) is 22.9. The van der Waals surface area contributed by atoms with Gasteiger partial charge in [-0.3, -0.25) is 14.3 Å². The zero-order chi connectivity index (χ0) is 13.0. The number of carboxylic acids is 1. The number of carboxylic acid groups (broad SMARTS) is 1. The van der Waals surface area contributed by atoms with Crippen molar-refractivity contribution in [1.82, 2.24) is 20.3 Å². The van der Waals surface area contributed by atoms with Crippen LogP contribution in [0.5, 0.6) is 0 Å². The van der Waals surface area contributed by atoms with E-state index in [2.05, 4.69) is 15.6 Å². The molecule has 2 rings (SSSR count). The zero-order valence-corrected chi connectivity index (χ0v) is 9.65. The molecule has 1 aromatic rings. The van der Waals surface area contributed by atoms with Crippen LogP contribution < -0.4 is 5.32 Å². The molecule has 0 bridgehead atoms. The third-order valence-corrected chi connectivity index (χ3v) is 2.78. The summed E-state index contributed by atoms with van der Waals surface area (Å²) in [6, 6.07) is -0.453. The predicted octanol–water partition coefficient (Wildman–Crippen LogP) is -1.12. The largest absolute Gasteiger partial charge is 0.481 e. The first-order valence-corrected chi connectivity index (χ1v) is 5.61. The summed E-state index contributed by atoms with van der Waals surface area (Å²) < 4.78 is 6.60. The number of rotatable bonds is 5. The Hall–Kier alpha value is -1.96. The first kappa shape index (κ1) is 12.5. The lowest BCUT2D eigenvalue weighted by molar-refractivity contribution is -0.142. The van der Waals surface area contributed by atoms with E-state index in [1.165, 1.54) is 6.20 Å². The molecule has 1 saturated heterocycles. The van der Waals surface area contributed by atoms with E-state index < -0.39 is 17.9 Å². The quantitative estimate of drug-likeness (QED) is 0.689. The van der Waals surface area contributed by atoms with Gasteiger partial charge >= 0.3 is 5.97 Å². The summed E-state index contributed by atoms with van der Waals surface area (Å²) in [4.78, 5) is 22.5. The Balaban J connectivity index is 1.78. The van der Waals surface area contributed by atoms with Crippen molar-refractivity contribution in [3.63, 3.8) is 0 Å². The predicted molar refractivity (Wildman–Crippen MR) is 58.5 cm³/mol. The number of carbonyl (C=O) groups excluding carboxylic acids is 1. The van der Waals surface area contributed by atoms with Crippen LogP contribution in [0.15, 0.2) is 12.4 Å². The highest BCUT2D eigenvalue weighted by atomic mass is 16.5. The molecule has 0 radical (unpaired) electrons. The van der Waals surface area contributed by atoms with Crippen LogP contribution in [0, 0.1) is 5.92 Å². The third-order valence-electron chi connectivity index (χ3n) is 2.78. The van der Waals surface area contributed by atoms with Crippen LogP contribution in [0.4, 0.5) is 0 Å². The number of nitrogens with zero attached hydrogens (tertiary/aromatic N) is 3. The van der Waals surface area contributed by atoms with Crippen molar-refractivity contribution in [2.45, 2.75) is 19.0 Å². The number of carbonyl (C=O) groups is 2. The van der Waals surface area contributed by atoms with Crippen LogP contribution >= 0.6 is 0 Å². The first-order chi connectivity index (χ1) is 8.66. The standard InChI is InChI=1S/C10H14N4O4/c15-9(1-3-14-4-2-11-13-14)12-8-6-18-5-7(8)10(16)17/h2,4,7-8H,1,3,5-6H2,(H,12,15)(H,16,17). The molecular weight excluding hydrogens is 240 g/mol. The summed E-state index contributed by atoms with van der Waals surface area (Å²) in [6.45, 7) is 0.798. The highest BCUT2D eigenvalue weighted by Gasteiger charge is 2.34. The van der Waals surface area contributed by atoms with Crippen molar-refractivity contribution in [3.8, 4) is 0 Å². The maximum absolute atomic E-state index is 11.6. The molecule has 1 amide bonds. The van der Waals surface area contributed by atoms with Gasteiger partial charge in [-0.25, -0.2) is 0 Å². The molecule has 2 heterocycles. The van der Waals surface area contributed by atoms with E-state index in [9.17, 15) is 9.59 Å². The Morgan fingerprint density at radius 2 is 2.33 bits per heavy atom. The summed E-state index contributed by atoms with van der Waals surface area (Å²) in [5.41, 5.74) is 0. The van der Waals surface area contributed by atoms with Gasteiger partial charge in [0.05, 0.1) is 32.0 Å². The van der Waals surface area contributed by atoms with Crippen LogP contribution in [0.2, 0.25) is 0 Å². The fraction of sp³-hybridized carbons (Fsp3) is 0.600. The molecule has 18 heavy (non-hydrogen) atoms. The van der Waals surface area contributed by atoms with Gasteiger partial charge in [0.15, 0.2) is 0 Å². The maximum atomic E-state index is 11.6. The van der Waals surface area contributed by atoms with Gasteiger partial charge in [-0.2, -0.15) is 0 Å². The highest BCUT2D eigenvalue weighted by Crippen LogP contribution is 2.13. The van der Waals surface area contributed by atoms with Crippen LogP contribution in [0.25, 0.3) is 0 Å². The fourth-order valence-electron chi connectivity index (χ4n) is 1.79. The molecule has 2 N–H and O–H groups in total. The summed E-state index contributed by atoms with van der Waals surface area (Å²) in [5, 5.41) is 18.9. The van der Waals surface area contributed by atoms with Crippen LogP contribution in [-0.4, -0.2) is 51.2 Å². The molecule has 0 saturated carbocycles. The number of aryl methyl sites for hydroxylation is 1. The van der Waals surface area contributed by atoms with Gasteiger partial charge in [-0.15, -0.1) is 5.10 Å². The smallest absolute Gasteiger partial charge is 0.311 e. The van der Waals surface area contributed by atoms with Gasteiger partial charge in [0, 0.05) is 12.6 Å². The number of amides is 1. The van der Waals surface area contributed by atoms with E-state index in [1.807, 2.05) is 0 Å². The Bertz CT molecular complexity index is 420. The molecule has 1 fully saturated rings. The summed E-state index contributed by atoms with van der Waals surface area (Å²) in [5.74, 6) is -1.83. The van der Waals surface area contributed by atoms with Gasteiger partial charge in [0.25, 0.3) is 0 Å². The minimum atomic E-state index is -0.950. The lowest BCUT2D eigenvalue weighted by Crippen LogP contribution is -2.42. The van der Waals surface area contributed by atoms with Crippen molar-refractivity contribution in [2.75, 3.05) is 13.2 Å². The van der Waals surface area contributed by atoms with Crippen molar-refractivity contribution >= 4 is 11.9 Å². The zero-order valence-electron chi connectivity index (χ0n) is 9.65. The van der Waals surface area contributed by atoms with Gasteiger partial charge in [-0.05, 0) is 0 Å². The number of hydrogen-bond acceptors (Lipinski definition) is 5. The second kappa shape index (κ2) is 5.58. The van der Waals surface area contributed by atoms with Gasteiger partial charge < -0.3 is 15.2 Å². The number of ether oxygens (including phenoxy) is 1. The Kier molecular flexibility index (Phi) is 3.88. The lowest BCUT2D eigenvalue weighted by Gasteiger charge is -2.15. The number of hydrogen-bond donors (Lipinski definition) is 2. The molecule has 2 atom stereocenters. The maximum Gasteiger partial charge on any atom is 0.311 e. The number of aromatic nitrogens is 3. The second-order valence-corrected chi connectivity index (χ2v) is 4.07. The molecule has 8 heteroatoms. The van der Waals surface area contributed by atoms with Crippen molar-refractivity contribution in [3.05, 3.63) is 12.4 Å². The minimum Gasteiger partial charge on any atom is -0.481 e. The summed E-state index contributed by atoms with van der Waals surface area (Å²) >= 11 is 0. The molecule has 1 aliphatic rings. The molecule has 0 spiro atoms. The van der Waals surface area contributed by atoms with Crippen molar-refractivity contribution in [2.24, 2.45) is 5.92 Å². The van der Waals surface area contributed by atoms with Gasteiger partial charge in [-0.1, -0.05) is 5.21 Å². The number of aliphatic carboxylic acids is 1. The van der Waals surface area contributed by atoms with E-state index in [-0.39, 0.29) is 25.5 Å². The number of nitrogens with one attached hydrogen (secondary N) is 1. The van der Waals surface area contributed by atoms with Crippen molar-refractivity contribution < 1.29 is 19.4 Å². The van der Waals surface area contributed by atoms with Crippen LogP contribution in [0.3, 0.4) is 0 Å². The highest BCUT2D eigenvalue weighted by molar-refractivity contribution is 5.78. The molecule has 2 unspecified atom stereocenters. The van der Waals surface area contributed by atoms with E-state index in [0.717, 1.165) is 0 Å². The molecular formula is C10H14N4O4. The molecule has 1 aliphatic heterocycles. The van der Waals surface area contributed by atoms with E-state index in [1.54, 1.807) is 10.9 Å². The Labute approximate surface area is 103 Å². The molecule has 0 aromatic carbocycles. The first-order valence-electron chi connectivity index (χ1n) is 5.61. The van der Waals surface area contributed by atoms with Gasteiger partial charge in [0.1, 0.15) is 5.92 Å².